The SMILES string of the molecule is Clc1ccc2c(c1)SNC(=NC1CCCCC1)N2. The second kappa shape index (κ2) is 5.41. The molecular weight excluding hydrogens is 266 g/mol. The molecule has 1 aliphatic heterocycles. The van der Waals surface area contributed by atoms with Gasteiger partial charge in [-0.2, -0.15) is 0 Å². The lowest BCUT2D eigenvalue weighted by atomic mass is 9.96. The van der Waals surface area contributed by atoms with Gasteiger partial charge in [0.15, 0.2) is 0 Å². The number of nitrogens with one attached hydrogen (secondary N) is 2. The van der Waals surface area contributed by atoms with E-state index in [1.165, 1.54) is 32.1 Å². The fraction of sp³-hybridized carbons (Fsp3) is 0.462. The molecule has 1 saturated carbocycles. The van der Waals surface area contributed by atoms with Gasteiger partial charge in [0.2, 0.25) is 5.96 Å². The summed E-state index contributed by atoms with van der Waals surface area (Å²) >= 11 is 7.54. The van der Waals surface area contributed by atoms with Crippen LogP contribution in [0.1, 0.15) is 32.1 Å². The average Bonchev–Trinajstić information content (AvgIpc) is 2.40. The van der Waals surface area contributed by atoms with Gasteiger partial charge in [0, 0.05) is 5.02 Å². The van der Waals surface area contributed by atoms with Crippen molar-refractivity contribution in [3.05, 3.63) is 23.2 Å². The molecule has 0 saturated heterocycles. The van der Waals surface area contributed by atoms with Gasteiger partial charge < -0.3 is 5.32 Å². The maximum absolute atomic E-state index is 5.97. The van der Waals surface area contributed by atoms with Crippen LogP contribution in [-0.4, -0.2) is 12.0 Å². The molecule has 1 fully saturated rings. The van der Waals surface area contributed by atoms with Crippen LogP contribution in [0.2, 0.25) is 5.02 Å². The van der Waals surface area contributed by atoms with Gasteiger partial charge in [-0.1, -0.05) is 30.9 Å². The third-order valence-electron chi connectivity index (χ3n) is 3.34. The topological polar surface area (TPSA) is 36.4 Å². The Bertz CT molecular complexity index is 469. The van der Waals surface area contributed by atoms with E-state index in [4.69, 9.17) is 16.6 Å². The first-order chi connectivity index (χ1) is 8.81. The minimum atomic E-state index is 0.475. The van der Waals surface area contributed by atoms with Gasteiger partial charge in [-0.15, -0.1) is 0 Å². The van der Waals surface area contributed by atoms with Crippen LogP contribution >= 0.6 is 23.5 Å². The molecule has 0 amide bonds. The number of rotatable bonds is 1. The lowest BCUT2D eigenvalue weighted by Gasteiger charge is -2.24. The summed E-state index contributed by atoms with van der Waals surface area (Å²) in [5.41, 5.74) is 1.08. The molecular formula is C13H16ClN3S. The minimum Gasteiger partial charge on any atom is -0.325 e. The summed E-state index contributed by atoms with van der Waals surface area (Å²) in [6.07, 6.45) is 6.40. The summed E-state index contributed by atoms with van der Waals surface area (Å²) in [6.45, 7) is 0. The summed E-state index contributed by atoms with van der Waals surface area (Å²) in [5.74, 6) is 0.877. The molecule has 1 aromatic rings. The molecule has 2 aliphatic rings. The zero-order valence-corrected chi connectivity index (χ0v) is 11.7. The van der Waals surface area contributed by atoms with Crippen molar-refractivity contribution in [3.8, 4) is 0 Å². The summed E-state index contributed by atoms with van der Waals surface area (Å²) in [7, 11) is 0. The van der Waals surface area contributed by atoms with E-state index in [2.05, 4.69) is 10.0 Å². The molecule has 3 rings (SSSR count). The van der Waals surface area contributed by atoms with E-state index in [1.54, 1.807) is 11.9 Å². The second-order valence-electron chi connectivity index (χ2n) is 4.74. The van der Waals surface area contributed by atoms with E-state index in [-0.39, 0.29) is 0 Å². The van der Waals surface area contributed by atoms with Gasteiger partial charge in [-0.05, 0) is 43.0 Å². The fourth-order valence-electron chi connectivity index (χ4n) is 2.39. The predicted octanol–water partition coefficient (Wildman–Crippen LogP) is 4.05. The quantitative estimate of drug-likeness (QED) is 0.763. The molecule has 0 spiro atoms. The summed E-state index contributed by atoms with van der Waals surface area (Å²) < 4.78 is 3.25. The first kappa shape index (κ1) is 12.2. The second-order valence-corrected chi connectivity index (χ2v) is 6.02. The van der Waals surface area contributed by atoms with Crippen molar-refractivity contribution < 1.29 is 0 Å². The standard InChI is InChI=1S/C13H16ClN3S/c14-9-6-7-11-12(8-9)18-17-13(16-11)15-10-4-2-1-3-5-10/h6-8,10H,1-5H2,(H2,15,16,17). The van der Waals surface area contributed by atoms with Crippen LogP contribution in [0.25, 0.3) is 0 Å². The van der Waals surface area contributed by atoms with Gasteiger partial charge in [0.25, 0.3) is 0 Å². The number of nitrogens with zero attached hydrogens (tertiary/aromatic N) is 1. The first-order valence-electron chi connectivity index (χ1n) is 6.38. The third kappa shape index (κ3) is 2.75. The zero-order valence-electron chi connectivity index (χ0n) is 10.1. The maximum Gasteiger partial charge on any atom is 0.206 e. The predicted molar refractivity (Wildman–Crippen MR) is 78.4 cm³/mol. The smallest absolute Gasteiger partial charge is 0.206 e. The fourth-order valence-corrected chi connectivity index (χ4v) is 3.35. The van der Waals surface area contributed by atoms with Crippen LogP contribution in [0.5, 0.6) is 0 Å². The van der Waals surface area contributed by atoms with Crippen molar-refractivity contribution in [3.63, 3.8) is 0 Å². The van der Waals surface area contributed by atoms with Gasteiger partial charge in [0.05, 0.1) is 16.6 Å². The van der Waals surface area contributed by atoms with Crippen molar-refractivity contribution in [2.75, 3.05) is 5.32 Å². The number of benzene rings is 1. The Morgan fingerprint density at radius 2 is 2.06 bits per heavy atom. The van der Waals surface area contributed by atoms with Gasteiger partial charge >= 0.3 is 0 Å². The molecule has 3 nitrogen and oxygen atoms in total. The Hall–Kier alpha value is -0.870. The van der Waals surface area contributed by atoms with Gasteiger partial charge in [-0.25, -0.2) is 4.99 Å². The molecule has 1 aromatic carbocycles. The average molecular weight is 282 g/mol. The first-order valence-corrected chi connectivity index (χ1v) is 7.58. The molecule has 96 valence electrons. The normalized spacial score (nSPS) is 22.2. The Morgan fingerprint density at radius 1 is 1.22 bits per heavy atom. The summed E-state index contributed by atoms with van der Waals surface area (Å²) in [4.78, 5) is 5.87. The highest BCUT2D eigenvalue weighted by atomic mass is 35.5. The van der Waals surface area contributed by atoms with Crippen LogP contribution in [0, 0.1) is 0 Å². The van der Waals surface area contributed by atoms with Gasteiger partial charge in [0.1, 0.15) is 0 Å². The number of aliphatic imine (C=N–C) groups is 1. The molecule has 2 N–H and O–H groups in total. The molecule has 0 atom stereocenters. The monoisotopic (exact) mass is 281 g/mol. The van der Waals surface area contributed by atoms with Crippen LogP contribution in [0.15, 0.2) is 28.1 Å². The highest BCUT2D eigenvalue weighted by Gasteiger charge is 2.17. The van der Waals surface area contributed by atoms with Gasteiger partial charge in [-0.3, -0.25) is 4.72 Å². The lowest BCUT2D eigenvalue weighted by Crippen LogP contribution is -2.31. The number of hydrogen-bond donors (Lipinski definition) is 2. The molecule has 1 heterocycles. The molecule has 0 radical (unpaired) electrons. The highest BCUT2D eigenvalue weighted by Crippen LogP contribution is 2.31. The van der Waals surface area contributed by atoms with E-state index < -0.39 is 0 Å². The van der Waals surface area contributed by atoms with Crippen molar-refractivity contribution in [1.29, 1.82) is 0 Å². The number of guanidine groups is 1. The van der Waals surface area contributed by atoms with E-state index in [1.807, 2.05) is 18.2 Å². The lowest BCUT2D eigenvalue weighted by molar-refractivity contribution is 0.443. The van der Waals surface area contributed by atoms with Crippen LogP contribution < -0.4 is 10.0 Å². The number of fused-ring (bicyclic) bond motifs is 1. The minimum absolute atomic E-state index is 0.475. The van der Waals surface area contributed by atoms with E-state index in [0.29, 0.717) is 6.04 Å². The van der Waals surface area contributed by atoms with Crippen molar-refractivity contribution in [2.45, 2.75) is 43.0 Å². The molecule has 1 aliphatic carbocycles. The molecule has 5 heteroatoms. The Balaban J connectivity index is 1.73. The maximum atomic E-state index is 5.97. The molecule has 0 bridgehead atoms. The Kier molecular flexibility index (Phi) is 3.66. The van der Waals surface area contributed by atoms with Crippen molar-refractivity contribution in [1.82, 2.24) is 4.72 Å². The third-order valence-corrected chi connectivity index (χ3v) is 4.43. The Labute approximate surface area is 117 Å². The molecule has 0 unspecified atom stereocenters. The molecule has 0 aromatic heterocycles. The molecule has 18 heavy (non-hydrogen) atoms. The van der Waals surface area contributed by atoms with E-state index >= 15 is 0 Å². The van der Waals surface area contributed by atoms with E-state index in [0.717, 1.165) is 21.6 Å². The van der Waals surface area contributed by atoms with Crippen molar-refractivity contribution in [2.24, 2.45) is 4.99 Å². The Morgan fingerprint density at radius 3 is 2.89 bits per heavy atom. The van der Waals surface area contributed by atoms with Crippen LogP contribution in [-0.2, 0) is 0 Å². The van der Waals surface area contributed by atoms with Crippen molar-refractivity contribution >= 4 is 35.2 Å². The van der Waals surface area contributed by atoms with E-state index in [9.17, 15) is 0 Å². The number of anilines is 1. The summed E-state index contributed by atoms with van der Waals surface area (Å²) in [6, 6.07) is 6.33. The van der Waals surface area contributed by atoms with Crippen LogP contribution in [0.4, 0.5) is 5.69 Å². The highest BCUT2D eigenvalue weighted by molar-refractivity contribution is 7.98. The largest absolute Gasteiger partial charge is 0.325 e. The summed E-state index contributed by atoms with van der Waals surface area (Å²) in [5, 5.41) is 4.09. The number of hydrogen-bond acceptors (Lipinski definition) is 2. The zero-order chi connectivity index (χ0) is 12.4. The number of halogens is 1. The van der Waals surface area contributed by atoms with Crippen LogP contribution in [0.3, 0.4) is 0 Å².